The Labute approximate surface area is 123 Å². The van der Waals surface area contributed by atoms with Gasteiger partial charge in [-0.1, -0.05) is 0 Å². The summed E-state index contributed by atoms with van der Waals surface area (Å²) in [7, 11) is 4.07. The highest BCUT2D eigenvalue weighted by Gasteiger charge is 2.24. The molecule has 0 aromatic carbocycles. The minimum Gasteiger partial charge on any atom is -0.478 e. The quantitative estimate of drug-likeness (QED) is 0.796. The summed E-state index contributed by atoms with van der Waals surface area (Å²) in [6, 6.07) is 3.10. The van der Waals surface area contributed by atoms with E-state index in [1.54, 1.807) is 0 Å². The minimum atomic E-state index is -1.15. The summed E-state index contributed by atoms with van der Waals surface area (Å²) < 4.78 is 0. The molecule has 7 heteroatoms. The molecule has 0 spiro atoms. The molecular weight excluding hydrogens is 272 g/mol. The van der Waals surface area contributed by atoms with Gasteiger partial charge in [-0.3, -0.25) is 14.7 Å². The summed E-state index contributed by atoms with van der Waals surface area (Å²) in [5.74, 6) is -1.60. The minimum absolute atomic E-state index is 0.0446. The first-order valence-corrected chi connectivity index (χ1v) is 6.84. The van der Waals surface area contributed by atoms with Crippen LogP contribution < -0.4 is 5.32 Å². The number of hydrogen-bond acceptors (Lipinski definition) is 5. The summed E-state index contributed by atoms with van der Waals surface area (Å²) in [5.41, 5.74) is -0.124. The number of aromatic nitrogens is 1. The lowest BCUT2D eigenvalue weighted by atomic mass is 10.1. The third kappa shape index (κ3) is 3.77. The van der Waals surface area contributed by atoms with Gasteiger partial charge < -0.3 is 15.3 Å². The van der Waals surface area contributed by atoms with E-state index < -0.39 is 11.9 Å². The van der Waals surface area contributed by atoms with Gasteiger partial charge in [-0.25, -0.2) is 4.79 Å². The maximum absolute atomic E-state index is 12.1. The molecule has 114 valence electrons. The number of carboxylic acids is 1. The first kappa shape index (κ1) is 15.4. The van der Waals surface area contributed by atoms with Gasteiger partial charge in [0.2, 0.25) is 0 Å². The summed E-state index contributed by atoms with van der Waals surface area (Å²) in [5, 5.41) is 11.9. The second-order valence-electron chi connectivity index (χ2n) is 5.31. The largest absolute Gasteiger partial charge is 0.478 e. The van der Waals surface area contributed by atoms with Crippen molar-refractivity contribution in [2.24, 2.45) is 0 Å². The van der Waals surface area contributed by atoms with Gasteiger partial charge in [0.25, 0.3) is 5.91 Å². The molecule has 21 heavy (non-hydrogen) atoms. The zero-order valence-electron chi connectivity index (χ0n) is 12.2. The fourth-order valence-electron chi connectivity index (χ4n) is 2.37. The molecular formula is C14H20N4O3. The smallest absolute Gasteiger partial charge is 0.338 e. The van der Waals surface area contributed by atoms with Crippen LogP contribution in [0.1, 0.15) is 20.8 Å². The van der Waals surface area contributed by atoms with E-state index in [1.165, 1.54) is 18.3 Å². The molecule has 1 aliphatic rings. The number of likely N-dealkylation sites (N-methyl/N-ethyl adjacent to an activating group) is 2. The predicted octanol–water partition coefficient (Wildman–Crippen LogP) is -0.245. The summed E-state index contributed by atoms with van der Waals surface area (Å²) in [4.78, 5) is 31.5. The van der Waals surface area contributed by atoms with E-state index in [0.717, 1.165) is 19.6 Å². The second-order valence-corrected chi connectivity index (χ2v) is 5.31. The van der Waals surface area contributed by atoms with E-state index in [0.29, 0.717) is 6.54 Å². The van der Waals surface area contributed by atoms with E-state index in [4.69, 9.17) is 5.11 Å². The molecule has 1 saturated heterocycles. The van der Waals surface area contributed by atoms with Crippen LogP contribution in [0.5, 0.6) is 0 Å². The van der Waals surface area contributed by atoms with Crippen LogP contribution in [-0.4, -0.2) is 78.1 Å². The number of pyridine rings is 1. The number of carbonyl (C=O) groups excluding carboxylic acids is 1. The first-order chi connectivity index (χ1) is 9.99. The third-order valence-electron chi connectivity index (χ3n) is 3.73. The van der Waals surface area contributed by atoms with Crippen molar-refractivity contribution < 1.29 is 14.7 Å². The number of carbonyl (C=O) groups is 2. The molecule has 2 heterocycles. The lowest BCUT2D eigenvalue weighted by molar-refractivity contribution is 0.0688. The molecule has 0 saturated carbocycles. The van der Waals surface area contributed by atoms with Gasteiger partial charge in [-0.15, -0.1) is 0 Å². The Bertz CT molecular complexity index is 535. The molecule has 2 N–H and O–H groups in total. The van der Waals surface area contributed by atoms with Gasteiger partial charge in [-0.2, -0.15) is 0 Å². The first-order valence-electron chi connectivity index (χ1n) is 6.84. The maximum Gasteiger partial charge on any atom is 0.338 e. The average Bonchev–Trinajstić information content (AvgIpc) is 2.47. The van der Waals surface area contributed by atoms with E-state index in [2.05, 4.69) is 20.1 Å². The molecule has 2 rings (SSSR count). The third-order valence-corrected chi connectivity index (χ3v) is 3.73. The topological polar surface area (TPSA) is 85.8 Å². The molecule has 1 fully saturated rings. The van der Waals surface area contributed by atoms with Crippen LogP contribution in [0.4, 0.5) is 0 Å². The zero-order valence-corrected chi connectivity index (χ0v) is 12.2. The number of rotatable bonds is 4. The van der Waals surface area contributed by atoms with E-state index in [9.17, 15) is 9.59 Å². The Kier molecular flexibility index (Phi) is 4.87. The molecule has 0 aliphatic carbocycles. The molecule has 1 aliphatic heterocycles. The number of amides is 1. The molecule has 1 aromatic rings. The fraction of sp³-hybridized carbons (Fsp3) is 0.500. The highest BCUT2D eigenvalue weighted by atomic mass is 16.4. The van der Waals surface area contributed by atoms with Crippen molar-refractivity contribution in [3.63, 3.8) is 0 Å². The number of aromatic carboxylic acids is 1. The molecule has 7 nitrogen and oxygen atoms in total. The van der Waals surface area contributed by atoms with Gasteiger partial charge >= 0.3 is 5.97 Å². The Morgan fingerprint density at radius 3 is 2.90 bits per heavy atom. The summed E-state index contributed by atoms with van der Waals surface area (Å²) >= 11 is 0. The van der Waals surface area contributed by atoms with E-state index >= 15 is 0 Å². The number of nitrogens with zero attached hydrogens (tertiary/aromatic N) is 3. The lowest BCUT2D eigenvalue weighted by Crippen LogP contribution is -2.54. The number of hydrogen-bond donors (Lipinski definition) is 2. The van der Waals surface area contributed by atoms with Crippen LogP contribution in [0.2, 0.25) is 0 Å². The molecule has 0 radical (unpaired) electrons. The van der Waals surface area contributed by atoms with E-state index in [1.807, 2.05) is 14.1 Å². The molecule has 0 bridgehead atoms. The van der Waals surface area contributed by atoms with Crippen LogP contribution in [0.15, 0.2) is 18.3 Å². The molecule has 1 aromatic heterocycles. The van der Waals surface area contributed by atoms with Crippen molar-refractivity contribution in [1.29, 1.82) is 0 Å². The second kappa shape index (κ2) is 6.64. The van der Waals surface area contributed by atoms with Crippen molar-refractivity contribution in [3.8, 4) is 0 Å². The highest BCUT2D eigenvalue weighted by Crippen LogP contribution is 2.07. The van der Waals surface area contributed by atoms with Crippen molar-refractivity contribution in [2.75, 3.05) is 40.3 Å². The summed E-state index contributed by atoms with van der Waals surface area (Å²) in [6.45, 7) is 3.28. The molecule has 1 unspecified atom stereocenters. The van der Waals surface area contributed by atoms with Crippen molar-refractivity contribution >= 4 is 11.9 Å². The lowest BCUT2D eigenvalue weighted by Gasteiger charge is -2.37. The van der Waals surface area contributed by atoms with E-state index in [-0.39, 0.29) is 17.3 Å². The van der Waals surface area contributed by atoms with Crippen LogP contribution >= 0.6 is 0 Å². The Morgan fingerprint density at radius 1 is 1.43 bits per heavy atom. The normalized spacial score (nSPS) is 20.2. The monoisotopic (exact) mass is 292 g/mol. The van der Waals surface area contributed by atoms with Gasteiger partial charge in [0.15, 0.2) is 0 Å². The predicted molar refractivity (Wildman–Crippen MR) is 77.4 cm³/mol. The van der Waals surface area contributed by atoms with Crippen LogP contribution in [0, 0.1) is 0 Å². The van der Waals surface area contributed by atoms with Crippen LogP contribution in [-0.2, 0) is 0 Å². The standard InChI is InChI=1S/C14H20N4O3/c1-17-6-7-18(2)10(9-17)8-16-13(19)12-11(14(20)21)4-3-5-15-12/h3-5,10H,6-9H2,1-2H3,(H,16,19)(H,20,21). The fourth-order valence-corrected chi connectivity index (χ4v) is 2.37. The van der Waals surface area contributed by atoms with Gasteiger partial charge in [0.05, 0.1) is 5.56 Å². The molecule has 1 amide bonds. The SMILES string of the molecule is CN1CCN(C)C(CNC(=O)c2ncccc2C(=O)O)C1. The highest BCUT2D eigenvalue weighted by molar-refractivity contribution is 6.03. The number of nitrogens with one attached hydrogen (secondary N) is 1. The van der Waals surface area contributed by atoms with Crippen molar-refractivity contribution in [2.45, 2.75) is 6.04 Å². The Hall–Kier alpha value is -1.99. The number of piperazine rings is 1. The van der Waals surface area contributed by atoms with Crippen molar-refractivity contribution in [3.05, 3.63) is 29.6 Å². The zero-order chi connectivity index (χ0) is 15.4. The van der Waals surface area contributed by atoms with Gasteiger partial charge in [0, 0.05) is 38.4 Å². The number of carboxylic acid groups (broad SMARTS) is 1. The van der Waals surface area contributed by atoms with Gasteiger partial charge in [-0.05, 0) is 26.2 Å². The summed E-state index contributed by atoms with van der Waals surface area (Å²) in [6.07, 6.45) is 1.42. The van der Waals surface area contributed by atoms with Crippen LogP contribution in [0.3, 0.4) is 0 Å². The van der Waals surface area contributed by atoms with Crippen LogP contribution in [0.25, 0.3) is 0 Å². The Morgan fingerprint density at radius 2 is 2.19 bits per heavy atom. The molecule has 1 atom stereocenters. The maximum atomic E-state index is 12.1. The average molecular weight is 292 g/mol. The van der Waals surface area contributed by atoms with Crippen molar-refractivity contribution in [1.82, 2.24) is 20.1 Å². The van der Waals surface area contributed by atoms with Gasteiger partial charge in [0.1, 0.15) is 5.69 Å². The Balaban J connectivity index is 2.00.